The van der Waals surface area contributed by atoms with Gasteiger partial charge in [-0.15, -0.1) is 0 Å². The Bertz CT molecular complexity index is 459. The molecule has 1 aliphatic heterocycles. The van der Waals surface area contributed by atoms with Crippen LogP contribution in [0.1, 0.15) is 16.8 Å². The summed E-state index contributed by atoms with van der Waals surface area (Å²) in [6, 6.07) is 7.74. The van der Waals surface area contributed by atoms with Gasteiger partial charge in [0.1, 0.15) is 0 Å². The number of aliphatic hydroxyl groups is 1. The summed E-state index contributed by atoms with van der Waals surface area (Å²) < 4.78 is 0. The van der Waals surface area contributed by atoms with Gasteiger partial charge in [-0.2, -0.15) is 0 Å². The summed E-state index contributed by atoms with van der Waals surface area (Å²) in [6.07, 6.45) is 0.960. The topological polar surface area (TPSA) is 47.0 Å². The van der Waals surface area contributed by atoms with Crippen LogP contribution < -0.4 is 4.90 Å². The van der Waals surface area contributed by atoms with Crippen molar-refractivity contribution in [2.75, 3.05) is 58.3 Å². The molecule has 0 aromatic heterocycles. The maximum absolute atomic E-state index is 12.5. The Hall–Kier alpha value is -1.59. The zero-order chi connectivity index (χ0) is 15.2. The Morgan fingerprint density at radius 2 is 1.86 bits per heavy atom. The average Bonchev–Trinajstić information content (AvgIpc) is 2.73. The van der Waals surface area contributed by atoms with Gasteiger partial charge in [-0.05, 0) is 37.2 Å². The monoisotopic (exact) mass is 291 g/mol. The van der Waals surface area contributed by atoms with Crippen molar-refractivity contribution in [1.29, 1.82) is 0 Å². The zero-order valence-electron chi connectivity index (χ0n) is 13.0. The van der Waals surface area contributed by atoms with Crippen LogP contribution in [-0.2, 0) is 0 Å². The van der Waals surface area contributed by atoms with Crippen LogP contribution in [0.5, 0.6) is 0 Å². The van der Waals surface area contributed by atoms with Crippen molar-refractivity contribution in [1.82, 2.24) is 9.80 Å². The van der Waals surface area contributed by atoms with E-state index in [0.29, 0.717) is 6.54 Å². The number of amides is 1. The van der Waals surface area contributed by atoms with Crippen molar-refractivity contribution in [3.8, 4) is 0 Å². The molecule has 0 radical (unpaired) electrons. The van der Waals surface area contributed by atoms with Gasteiger partial charge in [0, 0.05) is 51.5 Å². The van der Waals surface area contributed by atoms with Crippen LogP contribution in [0.15, 0.2) is 24.3 Å². The van der Waals surface area contributed by atoms with Crippen LogP contribution in [0.25, 0.3) is 0 Å². The van der Waals surface area contributed by atoms with Gasteiger partial charge < -0.3 is 14.9 Å². The summed E-state index contributed by atoms with van der Waals surface area (Å²) in [5, 5.41) is 9.01. The smallest absolute Gasteiger partial charge is 0.253 e. The second-order valence-electron chi connectivity index (χ2n) is 5.65. The Morgan fingerprint density at radius 3 is 2.48 bits per heavy atom. The first kappa shape index (κ1) is 15.8. The third-order valence-corrected chi connectivity index (χ3v) is 3.92. The molecule has 21 heavy (non-hydrogen) atoms. The van der Waals surface area contributed by atoms with E-state index in [2.05, 4.69) is 4.90 Å². The fourth-order valence-corrected chi connectivity index (χ4v) is 2.62. The van der Waals surface area contributed by atoms with Crippen molar-refractivity contribution in [2.24, 2.45) is 0 Å². The standard InChI is InChI=1S/C16H25N3O2/c1-17(2)15-6-4-14(5-7-15)16(21)19-9-3-8-18(10-11-19)12-13-20/h4-7,20H,3,8-13H2,1-2H3. The lowest BCUT2D eigenvalue weighted by atomic mass is 10.1. The number of aliphatic hydroxyl groups excluding tert-OH is 1. The zero-order valence-corrected chi connectivity index (χ0v) is 13.0. The molecule has 1 heterocycles. The van der Waals surface area contributed by atoms with E-state index in [0.717, 1.165) is 43.9 Å². The number of benzene rings is 1. The summed E-state index contributed by atoms with van der Waals surface area (Å²) in [5.41, 5.74) is 1.84. The van der Waals surface area contributed by atoms with Gasteiger partial charge in [-0.1, -0.05) is 0 Å². The van der Waals surface area contributed by atoms with E-state index in [-0.39, 0.29) is 12.5 Å². The molecule has 0 bridgehead atoms. The lowest BCUT2D eigenvalue weighted by Crippen LogP contribution is -2.35. The molecule has 1 N–H and O–H groups in total. The second-order valence-corrected chi connectivity index (χ2v) is 5.65. The minimum atomic E-state index is 0.103. The normalized spacial score (nSPS) is 16.6. The minimum Gasteiger partial charge on any atom is -0.395 e. The lowest BCUT2D eigenvalue weighted by Gasteiger charge is -2.22. The van der Waals surface area contributed by atoms with Crippen LogP contribution in [0.2, 0.25) is 0 Å². The molecule has 116 valence electrons. The first-order valence-corrected chi connectivity index (χ1v) is 7.51. The van der Waals surface area contributed by atoms with E-state index in [4.69, 9.17) is 5.11 Å². The van der Waals surface area contributed by atoms with Crippen LogP contribution in [0.4, 0.5) is 5.69 Å². The summed E-state index contributed by atoms with van der Waals surface area (Å²) in [5.74, 6) is 0.103. The molecule has 1 saturated heterocycles. The van der Waals surface area contributed by atoms with Gasteiger partial charge in [-0.3, -0.25) is 9.69 Å². The van der Waals surface area contributed by atoms with Crippen molar-refractivity contribution in [3.63, 3.8) is 0 Å². The molecule has 0 atom stereocenters. The molecule has 1 aromatic rings. The molecule has 0 saturated carbocycles. The largest absolute Gasteiger partial charge is 0.395 e. The highest BCUT2D eigenvalue weighted by Gasteiger charge is 2.19. The maximum Gasteiger partial charge on any atom is 0.253 e. The van der Waals surface area contributed by atoms with Gasteiger partial charge in [0.2, 0.25) is 0 Å². The fraction of sp³-hybridized carbons (Fsp3) is 0.562. The SMILES string of the molecule is CN(C)c1ccc(C(=O)N2CCCN(CCO)CC2)cc1. The van der Waals surface area contributed by atoms with E-state index in [9.17, 15) is 4.79 Å². The number of β-amino-alcohol motifs (C(OH)–C–C–N with tert-alkyl or cyclic N) is 1. The van der Waals surface area contributed by atoms with Crippen LogP contribution in [0.3, 0.4) is 0 Å². The molecule has 0 unspecified atom stereocenters. The molecule has 2 rings (SSSR count). The van der Waals surface area contributed by atoms with Crippen LogP contribution in [-0.4, -0.2) is 74.2 Å². The second kappa shape index (κ2) is 7.43. The molecule has 1 aliphatic rings. The van der Waals surface area contributed by atoms with Gasteiger partial charge in [0.25, 0.3) is 5.91 Å². The van der Waals surface area contributed by atoms with Gasteiger partial charge >= 0.3 is 0 Å². The number of carbonyl (C=O) groups excluding carboxylic acids is 1. The van der Waals surface area contributed by atoms with Crippen LogP contribution >= 0.6 is 0 Å². The highest BCUT2D eigenvalue weighted by molar-refractivity contribution is 5.94. The molecular formula is C16H25N3O2. The predicted molar refractivity (Wildman–Crippen MR) is 84.8 cm³/mol. The molecular weight excluding hydrogens is 266 g/mol. The van der Waals surface area contributed by atoms with E-state index >= 15 is 0 Å². The minimum absolute atomic E-state index is 0.103. The van der Waals surface area contributed by atoms with E-state index in [1.807, 2.05) is 48.2 Å². The van der Waals surface area contributed by atoms with E-state index < -0.39 is 0 Å². The maximum atomic E-state index is 12.5. The van der Waals surface area contributed by atoms with Crippen molar-refractivity contribution < 1.29 is 9.90 Å². The highest BCUT2D eigenvalue weighted by Crippen LogP contribution is 2.15. The quantitative estimate of drug-likeness (QED) is 0.895. The summed E-state index contributed by atoms with van der Waals surface area (Å²) in [4.78, 5) is 18.7. The van der Waals surface area contributed by atoms with Gasteiger partial charge in [0.05, 0.1) is 6.61 Å². The Morgan fingerprint density at radius 1 is 1.14 bits per heavy atom. The fourth-order valence-electron chi connectivity index (χ4n) is 2.62. The summed E-state index contributed by atoms with van der Waals surface area (Å²) in [7, 11) is 3.97. The van der Waals surface area contributed by atoms with E-state index in [1.54, 1.807) is 0 Å². The molecule has 1 aromatic carbocycles. The highest BCUT2D eigenvalue weighted by atomic mass is 16.3. The Kier molecular flexibility index (Phi) is 5.59. The first-order chi connectivity index (χ1) is 10.1. The Labute approximate surface area is 126 Å². The van der Waals surface area contributed by atoms with Crippen molar-refractivity contribution >= 4 is 11.6 Å². The third kappa shape index (κ3) is 4.19. The van der Waals surface area contributed by atoms with Gasteiger partial charge in [0.15, 0.2) is 0 Å². The Balaban J connectivity index is 1.99. The number of anilines is 1. The average molecular weight is 291 g/mol. The lowest BCUT2D eigenvalue weighted by molar-refractivity contribution is 0.0760. The first-order valence-electron chi connectivity index (χ1n) is 7.51. The van der Waals surface area contributed by atoms with E-state index in [1.165, 1.54) is 0 Å². The number of nitrogens with zero attached hydrogens (tertiary/aromatic N) is 3. The van der Waals surface area contributed by atoms with Gasteiger partial charge in [-0.25, -0.2) is 0 Å². The molecule has 1 fully saturated rings. The van der Waals surface area contributed by atoms with Crippen LogP contribution in [0, 0.1) is 0 Å². The number of hydrogen-bond acceptors (Lipinski definition) is 4. The number of carbonyl (C=O) groups is 1. The number of hydrogen-bond donors (Lipinski definition) is 1. The molecule has 5 nitrogen and oxygen atoms in total. The predicted octanol–water partition coefficient (Wildman–Crippen LogP) is 0.893. The number of rotatable bonds is 4. The third-order valence-electron chi connectivity index (χ3n) is 3.92. The molecule has 0 spiro atoms. The molecule has 5 heteroatoms. The molecule has 0 aliphatic carbocycles. The summed E-state index contributed by atoms with van der Waals surface area (Å²) in [6.45, 7) is 4.18. The molecule has 1 amide bonds. The summed E-state index contributed by atoms with van der Waals surface area (Å²) >= 11 is 0. The van der Waals surface area contributed by atoms with Crippen molar-refractivity contribution in [3.05, 3.63) is 29.8 Å². The van der Waals surface area contributed by atoms with Crippen molar-refractivity contribution in [2.45, 2.75) is 6.42 Å².